The Kier molecular flexibility index (Phi) is 5.43. The topological polar surface area (TPSA) is 66.4 Å². The molecule has 112 valence electrons. The number of hydrogen-bond donors (Lipinski definition) is 2. The lowest BCUT2D eigenvalue weighted by Crippen LogP contribution is -2.13. The fourth-order valence-corrected chi connectivity index (χ4v) is 4.58. The largest absolute Gasteiger partial charge is 0.396 e. The van der Waals surface area contributed by atoms with E-state index in [0.29, 0.717) is 16.6 Å². The number of benzene rings is 2. The van der Waals surface area contributed by atoms with Gasteiger partial charge in [-0.05, 0) is 58.2 Å². The summed E-state index contributed by atoms with van der Waals surface area (Å²) in [5.41, 5.74) is 1.43. The van der Waals surface area contributed by atoms with E-state index in [0.717, 1.165) is 10.0 Å². The predicted octanol–water partition coefficient (Wildman–Crippen LogP) is 3.55. The second-order valence-corrected chi connectivity index (χ2v) is 7.77. The van der Waals surface area contributed by atoms with Crippen molar-refractivity contribution in [3.8, 4) is 0 Å². The summed E-state index contributed by atoms with van der Waals surface area (Å²) in [5, 5.41) is 8.86. The molecule has 0 fully saturated rings. The molecule has 0 aliphatic carbocycles. The first-order valence-electron chi connectivity index (χ1n) is 6.10. The van der Waals surface area contributed by atoms with Crippen molar-refractivity contribution in [3.63, 3.8) is 0 Å². The van der Waals surface area contributed by atoms with Crippen molar-refractivity contribution in [2.75, 3.05) is 11.3 Å². The Morgan fingerprint density at radius 1 is 1.05 bits per heavy atom. The summed E-state index contributed by atoms with van der Waals surface area (Å²) in [6.45, 7) is 0.0664. The van der Waals surface area contributed by atoms with Crippen LogP contribution in [0.4, 0.5) is 5.69 Å². The molecule has 0 atom stereocenters. The molecule has 0 bridgehead atoms. The van der Waals surface area contributed by atoms with Crippen molar-refractivity contribution in [1.29, 1.82) is 0 Å². The summed E-state index contributed by atoms with van der Waals surface area (Å²) in [5.74, 6) is 0. The Bertz CT molecular complexity index is 730. The Labute approximate surface area is 140 Å². The van der Waals surface area contributed by atoms with Crippen molar-refractivity contribution in [3.05, 3.63) is 57.0 Å². The van der Waals surface area contributed by atoms with Crippen LogP contribution < -0.4 is 4.72 Å². The molecule has 2 aromatic rings. The van der Waals surface area contributed by atoms with E-state index in [9.17, 15) is 8.42 Å². The smallest absolute Gasteiger partial charge is 0.263 e. The van der Waals surface area contributed by atoms with E-state index in [-0.39, 0.29) is 11.5 Å². The molecule has 0 radical (unpaired) electrons. The van der Waals surface area contributed by atoms with Gasteiger partial charge in [0.1, 0.15) is 4.90 Å². The summed E-state index contributed by atoms with van der Waals surface area (Å²) in [6.07, 6.45) is 0.547. The Balaban J connectivity index is 2.24. The normalized spacial score (nSPS) is 11.4. The number of aliphatic hydroxyl groups excluding tert-OH is 1. The highest BCUT2D eigenvalue weighted by Crippen LogP contribution is 2.27. The number of sulfonamides is 1. The molecule has 7 heteroatoms. The van der Waals surface area contributed by atoms with E-state index in [1.54, 1.807) is 36.4 Å². The van der Waals surface area contributed by atoms with E-state index < -0.39 is 10.0 Å². The average molecular weight is 435 g/mol. The van der Waals surface area contributed by atoms with Crippen LogP contribution in [0.5, 0.6) is 0 Å². The molecular formula is C14H13Br2NO3S. The third kappa shape index (κ3) is 4.29. The highest BCUT2D eigenvalue weighted by atomic mass is 79.9. The van der Waals surface area contributed by atoms with Crippen LogP contribution in [-0.2, 0) is 16.4 Å². The van der Waals surface area contributed by atoms with E-state index in [1.165, 1.54) is 6.07 Å². The van der Waals surface area contributed by atoms with Crippen LogP contribution in [-0.4, -0.2) is 20.1 Å². The molecule has 0 spiro atoms. The number of nitrogens with one attached hydrogen (secondary N) is 1. The van der Waals surface area contributed by atoms with Gasteiger partial charge in [-0.25, -0.2) is 8.42 Å². The second-order valence-electron chi connectivity index (χ2n) is 4.35. The molecule has 0 aliphatic rings. The maximum absolute atomic E-state index is 12.3. The van der Waals surface area contributed by atoms with Crippen molar-refractivity contribution in [1.82, 2.24) is 0 Å². The minimum Gasteiger partial charge on any atom is -0.396 e. The number of halogens is 2. The fourth-order valence-electron chi connectivity index (χ4n) is 1.77. The van der Waals surface area contributed by atoms with Crippen LogP contribution in [0.3, 0.4) is 0 Å². The van der Waals surface area contributed by atoms with Gasteiger partial charge in [0.15, 0.2) is 0 Å². The molecule has 2 N–H and O–H groups in total. The molecule has 2 aromatic carbocycles. The first-order chi connectivity index (χ1) is 9.92. The number of anilines is 1. The molecule has 0 unspecified atom stereocenters. The molecular weight excluding hydrogens is 422 g/mol. The highest BCUT2D eigenvalue weighted by Gasteiger charge is 2.17. The lowest BCUT2D eigenvalue weighted by Gasteiger charge is -2.10. The van der Waals surface area contributed by atoms with Gasteiger partial charge in [-0.1, -0.05) is 28.1 Å². The quantitative estimate of drug-likeness (QED) is 0.756. The summed E-state index contributed by atoms with van der Waals surface area (Å²) in [4.78, 5) is 0.171. The minimum absolute atomic E-state index is 0.0664. The standard InChI is InChI=1S/C14H13Br2NO3S/c15-11-3-6-14(13(16)9-11)21(19,20)17-12-4-1-10(2-5-12)7-8-18/h1-6,9,17-18H,7-8H2. The van der Waals surface area contributed by atoms with Crippen molar-refractivity contribution >= 4 is 47.6 Å². The van der Waals surface area contributed by atoms with Gasteiger partial charge >= 0.3 is 0 Å². The van der Waals surface area contributed by atoms with E-state index in [4.69, 9.17) is 5.11 Å². The predicted molar refractivity (Wildman–Crippen MR) is 89.9 cm³/mol. The number of rotatable bonds is 5. The summed E-state index contributed by atoms with van der Waals surface area (Å²) < 4.78 is 28.5. The van der Waals surface area contributed by atoms with Crippen molar-refractivity contribution < 1.29 is 13.5 Å². The molecule has 0 aliphatic heterocycles. The van der Waals surface area contributed by atoms with Gasteiger partial charge < -0.3 is 5.11 Å². The SMILES string of the molecule is O=S(=O)(Nc1ccc(CCO)cc1)c1ccc(Br)cc1Br. The third-order valence-electron chi connectivity index (χ3n) is 2.79. The molecule has 21 heavy (non-hydrogen) atoms. The molecule has 0 heterocycles. The maximum Gasteiger partial charge on any atom is 0.263 e. The molecule has 0 amide bonds. The Morgan fingerprint density at radius 2 is 1.71 bits per heavy atom. The van der Waals surface area contributed by atoms with Crippen molar-refractivity contribution in [2.45, 2.75) is 11.3 Å². The lowest BCUT2D eigenvalue weighted by molar-refractivity contribution is 0.299. The van der Waals surface area contributed by atoms with Crippen LogP contribution in [0.15, 0.2) is 56.3 Å². The van der Waals surface area contributed by atoms with Gasteiger partial charge in [-0.15, -0.1) is 0 Å². The fraction of sp³-hybridized carbons (Fsp3) is 0.143. The van der Waals surface area contributed by atoms with Crippen LogP contribution in [0.1, 0.15) is 5.56 Å². The molecule has 4 nitrogen and oxygen atoms in total. The van der Waals surface area contributed by atoms with Gasteiger partial charge in [-0.3, -0.25) is 4.72 Å². The molecule has 0 aromatic heterocycles. The van der Waals surface area contributed by atoms with Crippen molar-refractivity contribution in [2.24, 2.45) is 0 Å². The van der Waals surface area contributed by atoms with E-state index in [2.05, 4.69) is 36.6 Å². The first kappa shape index (κ1) is 16.5. The summed E-state index contributed by atoms with van der Waals surface area (Å²) in [6, 6.07) is 11.8. The zero-order valence-corrected chi connectivity index (χ0v) is 14.9. The molecule has 0 saturated carbocycles. The number of hydrogen-bond acceptors (Lipinski definition) is 3. The lowest BCUT2D eigenvalue weighted by atomic mass is 10.1. The molecule has 2 rings (SSSR count). The van der Waals surface area contributed by atoms with Gasteiger partial charge in [0, 0.05) is 21.2 Å². The van der Waals surface area contributed by atoms with E-state index >= 15 is 0 Å². The second kappa shape index (κ2) is 6.91. The third-order valence-corrected chi connectivity index (χ3v) is 5.64. The summed E-state index contributed by atoms with van der Waals surface area (Å²) >= 11 is 6.54. The summed E-state index contributed by atoms with van der Waals surface area (Å²) in [7, 11) is -3.65. The zero-order chi connectivity index (χ0) is 15.5. The zero-order valence-electron chi connectivity index (χ0n) is 10.9. The van der Waals surface area contributed by atoms with Crippen LogP contribution in [0.25, 0.3) is 0 Å². The van der Waals surface area contributed by atoms with E-state index in [1.807, 2.05) is 0 Å². The minimum atomic E-state index is -3.65. The first-order valence-corrected chi connectivity index (χ1v) is 9.17. The Hall–Kier alpha value is -0.890. The van der Waals surface area contributed by atoms with Gasteiger partial charge in [0.25, 0.3) is 10.0 Å². The van der Waals surface area contributed by atoms with Gasteiger partial charge in [0.05, 0.1) is 0 Å². The van der Waals surface area contributed by atoms with Crippen LogP contribution in [0, 0.1) is 0 Å². The highest BCUT2D eigenvalue weighted by molar-refractivity contribution is 9.11. The Morgan fingerprint density at radius 3 is 2.29 bits per heavy atom. The molecule has 0 saturated heterocycles. The van der Waals surface area contributed by atoms with Crippen LogP contribution >= 0.6 is 31.9 Å². The average Bonchev–Trinajstić information content (AvgIpc) is 2.40. The number of aliphatic hydroxyl groups is 1. The maximum atomic E-state index is 12.3. The van der Waals surface area contributed by atoms with Crippen LogP contribution in [0.2, 0.25) is 0 Å². The van der Waals surface area contributed by atoms with Gasteiger partial charge in [-0.2, -0.15) is 0 Å². The van der Waals surface area contributed by atoms with Gasteiger partial charge in [0.2, 0.25) is 0 Å². The monoisotopic (exact) mass is 433 g/mol.